The molecule has 0 bridgehead atoms. The van der Waals surface area contributed by atoms with Gasteiger partial charge in [0.15, 0.2) is 18.1 Å². The predicted molar refractivity (Wildman–Crippen MR) is 140 cm³/mol. The maximum atomic E-state index is 12.9. The minimum Gasteiger partial charge on any atom is -0.506 e. The van der Waals surface area contributed by atoms with Crippen LogP contribution >= 0.6 is 11.8 Å². The SMILES string of the molecule is CCOC(=O)COc1ccc(/C=C2\SC(=NC(=O)c3ccccc3C)C(C(=O)OCC)=C2O)cc1OC. The lowest BCUT2D eigenvalue weighted by molar-refractivity contribution is -0.145. The maximum absolute atomic E-state index is 12.9. The van der Waals surface area contributed by atoms with Crippen molar-refractivity contribution in [3.05, 3.63) is 75.4 Å². The molecule has 1 aliphatic rings. The lowest BCUT2D eigenvalue weighted by atomic mass is 10.1. The van der Waals surface area contributed by atoms with Gasteiger partial charge in [0.05, 0.1) is 25.2 Å². The minimum absolute atomic E-state index is 0.0387. The topological polar surface area (TPSA) is 121 Å². The number of thioether (sulfide) groups is 1. The molecule has 1 aliphatic heterocycles. The number of aliphatic imine (C=N–C) groups is 1. The molecular formula is C27H27NO8S. The predicted octanol–water partition coefficient (Wildman–Crippen LogP) is 4.65. The zero-order valence-electron chi connectivity index (χ0n) is 20.9. The molecule has 194 valence electrons. The Kier molecular flexibility index (Phi) is 9.51. The Hall–Kier alpha value is -4.05. The van der Waals surface area contributed by atoms with E-state index in [4.69, 9.17) is 18.9 Å². The molecule has 2 aromatic carbocycles. The van der Waals surface area contributed by atoms with Crippen LogP contribution in [0.3, 0.4) is 0 Å². The number of benzene rings is 2. The summed E-state index contributed by atoms with van der Waals surface area (Å²) in [6.07, 6.45) is 1.61. The number of esters is 2. The average Bonchev–Trinajstić information content (AvgIpc) is 3.17. The monoisotopic (exact) mass is 525 g/mol. The number of carbonyl (C=O) groups is 3. The Morgan fingerprint density at radius 2 is 1.76 bits per heavy atom. The summed E-state index contributed by atoms with van der Waals surface area (Å²) >= 11 is 0.974. The molecule has 3 rings (SSSR count). The highest BCUT2D eigenvalue weighted by Gasteiger charge is 2.34. The molecule has 0 atom stereocenters. The van der Waals surface area contributed by atoms with Gasteiger partial charge in [-0.25, -0.2) is 14.6 Å². The van der Waals surface area contributed by atoms with Gasteiger partial charge in [-0.1, -0.05) is 36.0 Å². The van der Waals surface area contributed by atoms with Crippen molar-refractivity contribution in [1.82, 2.24) is 0 Å². The summed E-state index contributed by atoms with van der Waals surface area (Å²) in [7, 11) is 1.45. The molecule has 0 saturated heterocycles. The van der Waals surface area contributed by atoms with Crippen LogP contribution in [-0.2, 0) is 19.1 Å². The van der Waals surface area contributed by atoms with Crippen LogP contribution in [0, 0.1) is 6.92 Å². The molecular weight excluding hydrogens is 498 g/mol. The summed E-state index contributed by atoms with van der Waals surface area (Å²) in [4.78, 5) is 41.5. The van der Waals surface area contributed by atoms with Crippen molar-refractivity contribution >= 4 is 40.7 Å². The van der Waals surface area contributed by atoms with E-state index in [-0.39, 0.29) is 36.2 Å². The van der Waals surface area contributed by atoms with Gasteiger partial charge in [0, 0.05) is 5.56 Å². The number of hydrogen-bond acceptors (Lipinski definition) is 9. The Bertz CT molecular complexity index is 1300. The number of aryl methyl sites for hydroxylation is 1. The van der Waals surface area contributed by atoms with E-state index in [0.717, 1.165) is 17.3 Å². The summed E-state index contributed by atoms with van der Waals surface area (Å²) in [5.74, 6) is -1.50. The van der Waals surface area contributed by atoms with Gasteiger partial charge in [-0.05, 0) is 56.2 Å². The first-order valence-corrected chi connectivity index (χ1v) is 12.3. The second-order valence-corrected chi connectivity index (χ2v) is 8.63. The molecule has 0 unspecified atom stereocenters. The normalized spacial score (nSPS) is 15.1. The van der Waals surface area contributed by atoms with Gasteiger partial charge in [0.1, 0.15) is 16.4 Å². The molecule has 9 nitrogen and oxygen atoms in total. The van der Waals surface area contributed by atoms with Crippen molar-refractivity contribution in [1.29, 1.82) is 0 Å². The van der Waals surface area contributed by atoms with Gasteiger partial charge in [-0.3, -0.25) is 4.79 Å². The number of ether oxygens (including phenoxy) is 4. The molecule has 1 N–H and O–H groups in total. The first-order valence-electron chi connectivity index (χ1n) is 11.4. The fourth-order valence-corrected chi connectivity index (χ4v) is 4.35. The Morgan fingerprint density at radius 1 is 1.03 bits per heavy atom. The highest BCUT2D eigenvalue weighted by Crippen LogP contribution is 2.40. The van der Waals surface area contributed by atoms with Gasteiger partial charge in [0.2, 0.25) is 0 Å². The Labute approximate surface area is 218 Å². The third-order valence-electron chi connectivity index (χ3n) is 5.09. The quantitative estimate of drug-likeness (QED) is 0.467. The van der Waals surface area contributed by atoms with Gasteiger partial charge in [0.25, 0.3) is 5.91 Å². The number of amides is 1. The van der Waals surface area contributed by atoms with Crippen LogP contribution in [0.5, 0.6) is 11.5 Å². The van der Waals surface area contributed by atoms with E-state index in [2.05, 4.69) is 4.99 Å². The standard InChI is InChI=1S/C27H27NO8S/c1-5-34-22(29)15-36-19-12-11-17(13-20(19)33-4)14-21-24(30)23(27(32)35-6-2)26(37-21)28-25(31)18-10-8-7-9-16(18)3/h7-14,30H,5-6,15H2,1-4H3/b21-14-,28-26?. The molecule has 1 amide bonds. The van der Waals surface area contributed by atoms with E-state index in [1.165, 1.54) is 7.11 Å². The van der Waals surface area contributed by atoms with Crippen molar-refractivity contribution < 1.29 is 38.4 Å². The summed E-state index contributed by atoms with van der Waals surface area (Å²) in [5.41, 5.74) is 1.54. The highest BCUT2D eigenvalue weighted by atomic mass is 32.2. The van der Waals surface area contributed by atoms with E-state index in [1.54, 1.807) is 63.2 Å². The first-order chi connectivity index (χ1) is 17.8. The zero-order chi connectivity index (χ0) is 26.9. The number of aliphatic hydroxyl groups excluding tert-OH is 1. The largest absolute Gasteiger partial charge is 0.506 e. The highest BCUT2D eigenvalue weighted by molar-refractivity contribution is 8.18. The van der Waals surface area contributed by atoms with E-state index in [0.29, 0.717) is 27.5 Å². The molecule has 0 aromatic heterocycles. The van der Waals surface area contributed by atoms with Crippen LogP contribution in [0.2, 0.25) is 0 Å². The summed E-state index contributed by atoms with van der Waals surface area (Å²) in [6, 6.07) is 11.9. The lowest BCUT2D eigenvalue weighted by Gasteiger charge is -2.11. The molecule has 37 heavy (non-hydrogen) atoms. The minimum atomic E-state index is -0.785. The lowest BCUT2D eigenvalue weighted by Crippen LogP contribution is -2.14. The molecule has 0 saturated carbocycles. The fourth-order valence-electron chi connectivity index (χ4n) is 3.34. The van der Waals surface area contributed by atoms with Crippen LogP contribution in [-0.4, -0.2) is 54.9 Å². The van der Waals surface area contributed by atoms with Crippen molar-refractivity contribution in [2.45, 2.75) is 20.8 Å². The van der Waals surface area contributed by atoms with Crippen LogP contribution in [0.25, 0.3) is 6.08 Å². The van der Waals surface area contributed by atoms with Crippen molar-refractivity contribution in [3.8, 4) is 11.5 Å². The van der Waals surface area contributed by atoms with Gasteiger partial charge in [-0.2, -0.15) is 0 Å². The Morgan fingerprint density at radius 3 is 2.43 bits per heavy atom. The summed E-state index contributed by atoms with van der Waals surface area (Å²) in [6.45, 7) is 5.18. The van der Waals surface area contributed by atoms with Crippen molar-refractivity contribution in [2.75, 3.05) is 26.9 Å². The van der Waals surface area contributed by atoms with Gasteiger partial charge in [-0.15, -0.1) is 0 Å². The van der Waals surface area contributed by atoms with E-state index in [9.17, 15) is 19.5 Å². The number of rotatable bonds is 9. The zero-order valence-corrected chi connectivity index (χ0v) is 21.7. The fraction of sp³-hybridized carbons (Fsp3) is 0.259. The second-order valence-electron chi connectivity index (χ2n) is 7.60. The molecule has 2 aromatic rings. The average molecular weight is 526 g/mol. The Balaban J connectivity index is 1.94. The molecule has 0 radical (unpaired) electrons. The molecule has 10 heteroatoms. The molecule has 1 heterocycles. The number of aliphatic hydroxyl groups is 1. The third kappa shape index (κ3) is 6.79. The van der Waals surface area contributed by atoms with E-state index < -0.39 is 17.8 Å². The van der Waals surface area contributed by atoms with Gasteiger partial charge < -0.3 is 24.1 Å². The summed E-state index contributed by atoms with van der Waals surface area (Å²) < 4.78 is 20.8. The maximum Gasteiger partial charge on any atom is 0.344 e. The number of hydrogen-bond donors (Lipinski definition) is 1. The van der Waals surface area contributed by atoms with E-state index in [1.807, 2.05) is 6.07 Å². The van der Waals surface area contributed by atoms with Crippen LogP contribution < -0.4 is 9.47 Å². The smallest absolute Gasteiger partial charge is 0.344 e. The van der Waals surface area contributed by atoms with Crippen LogP contribution in [0.4, 0.5) is 0 Å². The second kappa shape index (κ2) is 12.8. The third-order valence-corrected chi connectivity index (χ3v) is 6.10. The number of nitrogens with zero attached hydrogens (tertiary/aromatic N) is 1. The summed E-state index contributed by atoms with van der Waals surface area (Å²) in [5, 5.41) is 10.9. The van der Waals surface area contributed by atoms with Crippen LogP contribution in [0.1, 0.15) is 35.3 Å². The number of carbonyl (C=O) groups excluding carboxylic acids is 3. The van der Waals surface area contributed by atoms with Gasteiger partial charge >= 0.3 is 11.9 Å². The van der Waals surface area contributed by atoms with Crippen LogP contribution in [0.15, 0.2) is 63.7 Å². The van der Waals surface area contributed by atoms with E-state index >= 15 is 0 Å². The molecule has 0 aliphatic carbocycles. The molecule has 0 fully saturated rings. The number of methoxy groups -OCH3 is 1. The first kappa shape index (κ1) is 27.5. The molecule has 0 spiro atoms. The van der Waals surface area contributed by atoms with Crippen molar-refractivity contribution in [2.24, 2.45) is 4.99 Å². The van der Waals surface area contributed by atoms with Crippen molar-refractivity contribution in [3.63, 3.8) is 0 Å².